The summed E-state index contributed by atoms with van der Waals surface area (Å²) in [4.78, 5) is 9.77. The van der Waals surface area contributed by atoms with Crippen molar-refractivity contribution in [3.05, 3.63) is 0 Å². The highest BCUT2D eigenvalue weighted by atomic mass is 32.7. The van der Waals surface area contributed by atoms with Crippen molar-refractivity contribution in [3.8, 4) is 0 Å². The Balaban J connectivity index is 2.60. The van der Waals surface area contributed by atoms with E-state index in [1.807, 2.05) is 13.5 Å². The van der Waals surface area contributed by atoms with Gasteiger partial charge in [0.05, 0.1) is 6.61 Å². The van der Waals surface area contributed by atoms with E-state index in [0.29, 0.717) is 57.2 Å². The van der Waals surface area contributed by atoms with E-state index in [-0.39, 0.29) is 25.0 Å². The van der Waals surface area contributed by atoms with E-state index >= 15 is 0 Å². The molecule has 1 aliphatic heterocycles. The first-order valence-corrected chi connectivity index (χ1v) is 20.8. The quantitative estimate of drug-likeness (QED) is 0.0802. The molecule has 0 saturated carbocycles. The van der Waals surface area contributed by atoms with Gasteiger partial charge in [-0.3, -0.25) is 0 Å². The number of aliphatic hydroxyl groups excluding tert-OH is 1. The molecule has 0 radical (unpaired) electrons. The summed E-state index contributed by atoms with van der Waals surface area (Å²) in [5.41, 5.74) is 0. The average molecular weight is 595 g/mol. The third-order valence-corrected chi connectivity index (χ3v) is 14.5. The molecule has 14 heteroatoms. The zero-order valence-electron chi connectivity index (χ0n) is 22.0. The summed E-state index contributed by atoms with van der Waals surface area (Å²) in [7, 11) is -5.26. The molecule has 0 aromatic heterocycles. The van der Waals surface area contributed by atoms with Crippen LogP contribution in [0, 0.1) is 17.8 Å². The molecule has 4 atom stereocenters. The van der Waals surface area contributed by atoms with Crippen molar-refractivity contribution in [3.63, 3.8) is 0 Å². The molecule has 0 spiro atoms. The standard InChI is InChI=1S/C21H47O9PS2Si2/c1-6-25-31(23,24)33-10-8-11-34(5,26-14-19(2)13-22)27-15-20(3)16-28-35(12-7-9-32)29-17-21(4)18-30-35/h19-22,32H,6-18H2,1-5H3,(H,23,24). The van der Waals surface area contributed by atoms with Crippen LogP contribution < -0.4 is 0 Å². The van der Waals surface area contributed by atoms with Crippen LogP contribution in [0.25, 0.3) is 0 Å². The van der Waals surface area contributed by atoms with Crippen molar-refractivity contribution >= 4 is 48.2 Å². The Bertz CT molecular complexity index is 612. The average Bonchev–Trinajstić information content (AvgIpc) is 2.83. The Morgan fingerprint density at radius 1 is 1.17 bits per heavy atom. The predicted molar refractivity (Wildman–Crippen MR) is 148 cm³/mol. The van der Waals surface area contributed by atoms with Crippen LogP contribution in [0.15, 0.2) is 0 Å². The van der Waals surface area contributed by atoms with Crippen LogP contribution in [-0.2, 0) is 31.2 Å². The van der Waals surface area contributed by atoms with Crippen LogP contribution in [0.5, 0.6) is 0 Å². The van der Waals surface area contributed by atoms with Gasteiger partial charge in [-0.15, -0.1) is 0 Å². The Morgan fingerprint density at radius 2 is 1.80 bits per heavy atom. The van der Waals surface area contributed by atoms with E-state index in [0.717, 1.165) is 29.6 Å². The maximum Gasteiger partial charge on any atom is 0.501 e. The third-order valence-electron chi connectivity index (χ3n) is 5.38. The van der Waals surface area contributed by atoms with Gasteiger partial charge < -0.3 is 36.7 Å². The minimum atomic E-state index is -3.61. The molecular formula is C21H47O9PS2Si2. The lowest BCUT2D eigenvalue weighted by atomic mass is 10.2. The summed E-state index contributed by atoms with van der Waals surface area (Å²) in [6.45, 7) is 9.11. The van der Waals surface area contributed by atoms with Crippen molar-refractivity contribution in [2.24, 2.45) is 17.8 Å². The zero-order chi connectivity index (χ0) is 26.4. The minimum absolute atomic E-state index is 0.0110. The van der Waals surface area contributed by atoms with Gasteiger partial charge in [-0.25, -0.2) is 4.57 Å². The van der Waals surface area contributed by atoms with Crippen LogP contribution in [0.3, 0.4) is 0 Å². The molecule has 0 aromatic carbocycles. The molecule has 0 amide bonds. The summed E-state index contributed by atoms with van der Waals surface area (Å²) in [5.74, 6) is 1.73. The second-order valence-electron chi connectivity index (χ2n) is 9.52. The fourth-order valence-electron chi connectivity index (χ4n) is 3.19. The van der Waals surface area contributed by atoms with Gasteiger partial charge in [-0.2, -0.15) is 12.6 Å². The van der Waals surface area contributed by atoms with E-state index in [2.05, 4.69) is 26.5 Å². The van der Waals surface area contributed by atoms with Gasteiger partial charge >= 0.3 is 24.2 Å². The van der Waals surface area contributed by atoms with E-state index in [9.17, 15) is 14.6 Å². The highest BCUT2D eigenvalue weighted by molar-refractivity contribution is 8.54. The lowest BCUT2D eigenvalue weighted by molar-refractivity contribution is -0.0135. The van der Waals surface area contributed by atoms with Crippen molar-refractivity contribution < 1.29 is 41.2 Å². The Kier molecular flexibility index (Phi) is 17.1. The Labute approximate surface area is 223 Å². The predicted octanol–water partition coefficient (Wildman–Crippen LogP) is 4.57. The van der Waals surface area contributed by atoms with Crippen molar-refractivity contribution in [2.45, 2.75) is 59.2 Å². The maximum atomic E-state index is 11.9. The van der Waals surface area contributed by atoms with Crippen molar-refractivity contribution in [2.75, 3.05) is 57.8 Å². The zero-order valence-corrected chi connectivity index (χ0v) is 26.6. The van der Waals surface area contributed by atoms with Crippen LogP contribution >= 0.6 is 30.8 Å². The molecule has 1 rings (SSSR count). The fraction of sp³-hybridized carbons (Fsp3) is 1.00. The highest BCUT2D eigenvalue weighted by Gasteiger charge is 2.44. The van der Waals surface area contributed by atoms with Gasteiger partial charge in [0, 0.05) is 69.2 Å². The molecule has 0 bridgehead atoms. The van der Waals surface area contributed by atoms with Gasteiger partial charge in [-0.1, -0.05) is 20.8 Å². The number of aliphatic hydroxyl groups is 1. The number of rotatable bonds is 20. The van der Waals surface area contributed by atoms with Crippen LogP contribution in [0.2, 0.25) is 18.6 Å². The lowest BCUT2D eigenvalue weighted by Crippen LogP contribution is -2.52. The minimum Gasteiger partial charge on any atom is -0.396 e. The van der Waals surface area contributed by atoms with E-state index in [1.54, 1.807) is 6.92 Å². The second-order valence-corrected chi connectivity index (χ2v) is 20.1. The molecule has 1 heterocycles. The fourth-order valence-corrected chi connectivity index (χ4v) is 11.8. The molecule has 1 fully saturated rings. The maximum absolute atomic E-state index is 11.9. The smallest absolute Gasteiger partial charge is 0.396 e. The molecule has 0 aromatic rings. The summed E-state index contributed by atoms with van der Waals surface area (Å²) < 4.78 is 47.8. The van der Waals surface area contributed by atoms with Gasteiger partial charge in [0.2, 0.25) is 0 Å². The number of hydrogen-bond donors (Lipinski definition) is 3. The van der Waals surface area contributed by atoms with Gasteiger partial charge in [0.1, 0.15) is 0 Å². The molecule has 210 valence electrons. The van der Waals surface area contributed by atoms with E-state index in [1.165, 1.54) is 0 Å². The van der Waals surface area contributed by atoms with Gasteiger partial charge in [0.15, 0.2) is 0 Å². The van der Waals surface area contributed by atoms with Crippen molar-refractivity contribution in [1.29, 1.82) is 0 Å². The lowest BCUT2D eigenvalue weighted by Gasteiger charge is -2.36. The molecule has 1 saturated heterocycles. The second kappa shape index (κ2) is 17.6. The van der Waals surface area contributed by atoms with Crippen LogP contribution in [0.4, 0.5) is 0 Å². The summed E-state index contributed by atoms with van der Waals surface area (Å²) in [5, 5.41) is 9.38. The first kappa shape index (κ1) is 34.1. The molecule has 2 N–H and O–H groups in total. The largest absolute Gasteiger partial charge is 0.501 e. The highest BCUT2D eigenvalue weighted by Crippen LogP contribution is 2.55. The Morgan fingerprint density at radius 3 is 2.37 bits per heavy atom. The third kappa shape index (κ3) is 14.7. The SMILES string of the molecule is CCOP(=O)(O)SCCC[Si](C)(OCC(C)CO)OCC(C)CO[Si]1(CCCS)OCC(C)CO1. The van der Waals surface area contributed by atoms with E-state index < -0.39 is 24.2 Å². The monoisotopic (exact) mass is 594 g/mol. The van der Waals surface area contributed by atoms with E-state index in [4.69, 9.17) is 26.7 Å². The summed E-state index contributed by atoms with van der Waals surface area (Å²) in [6.07, 6.45) is 1.56. The topological polar surface area (TPSA) is 113 Å². The Hall–Kier alpha value is 1.04. The molecule has 0 aliphatic carbocycles. The molecule has 4 unspecified atom stereocenters. The summed E-state index contributed by atoms with van der Waals surface area (Å²) in [6, 6.07) is 1.43. The van der Waals surface area contributed by atoms with Crippen LogP contribution in [-0.4, -0.2) is 85.1 Å². The molecular weight excluding hydrogens is 548 g/mol. The summed E-state index contributed by atoms with van der Waals surface area (Å²) >= 11 is 5.26. The molecule has 1 aliphatic rings. The first-order valence-electron chi connectivity index (χ1n) is 12.5. The normalized spacial score (nSPS) is 26.1. The van der Waals surface area contributed by atoms with Gasteiger partial charge in [-0.05, 0) is 49.5 Å². The van der Waals surface area contributed by atoms with Gasteiger partial charge in [0.25, 0.3) is 0 Å². The first-order chi connectivity index (χ1) is 16.5. The number of thiol groups is 1. The molecule has 9 nitrogen and oxygen atoms in total. The molecule has 35 heavy (non-hydrogen) atoms. The number of hydrogen-bond acceptors (Lipinski definition) is 10. The van der Waals surface area contributed by atoms with Crippen LogP contribution in [0.1, 0.15) is 40.5 Å². The van der Waals surface area contributed by atoms with Crippen molar-refractivity contribution in [1.82, 2.24) is 0 Å².